The summed E-state index contributed by atoms with van der Waals surface area (Å²) < 4.78 is 6.06. The average molecular weight is 300 g/mol. The molecule has 2 aromatic heterocycles. The maximum Gasteiger partial charge on any atom is 0.255 e. The Morgan fingerprint density at radius 1 is 1.45 bits per heavy atom. The molecule has 0 radical (unpaired) electrons. The molecule has 116 valence electrons. The highest BCUT2D eigenvalue weighted by Crippen LogP contribution is 2.27. The van der Waals surface area contributed by atoms with E-state index in [0.29, 0.717) is 18.7 Å². The van der Waals surface area contributed by atoms with Crippen LogP contribution in [0.2, 0.25) is 0 Å². The van der Waals surface area contributed by atoms with E-state index in [9.17, 15) is 4.79 Å². The molecule has 6 heteroatoms. The lowest BCUT2D eigenvalue weighted by Crippen LogP contribution is -2.30. The molecule has 22 heavy (non-hydrogen) atoms. The molecule has 0 saturated carbocycles. The van der Waals surface area contributed by atoms with Crippen molar-refractivity contribution >= 4 is 11.7 Å². The molecular weight excluding hydrogens is 280 g/mol. The average Bonchev–Trinajstić information content (AvgIpc) is 3.18. The maximum absolute atomic E-state index is 12.3. The van der Waals surface area contributed by atoms with Crippen molar-refractivity contribution in [2.45, 2.75) is 12.5 Å². The standard InChI is InChI=1S/C16H20N4O2/c1-19(2)15-14(4-3-7-18-15)22-13-6-9-20(11-13)16(21)12-5-8-17-10-12/h3-5,7-8,10,13,17H,6,9,11H2,1-2H3. The van der Waals surface area contributed by atoms with E-state index in [1.807, 2.05) is 36.0 Å². The second kappa shape index (κ2) is 6.09. The Balaban J connectivity index is 1.65. The number of anilines is 1. The molecule has 1 amide bonds. The first-order valence-corrected chi connectivity index (χ1v) is 7.36. The largest absolute Gasteiger partial charge is 0.485 e. The lowest BCUT2D eigenvalue weighted by molar-refractivity contribution is 0.0772. The van der Waals surface area contributed by atoms with Gasteiger partial charge in [-0.1, -0.05) is 0 Å². The topological polar surface area (TPSA) is 61.5 Å². The van der Waals surface area contributed by atoms with E-state index in [-0.39, 0.29) is 12.0 Å². The van der Waals surface area contributed by atoms with Crippen LogP contribution in [0.3, 0.4) is 0 Å². The van der Waals surface area contributed by atoms with Crippen LogP contribution in [0.5, 0.6) is 5.75 Å². The number of hydrogen-bond acceptors (Lipinski definition) is 4. The molecule has 6 nitrogen and oxygen atoms in total. The number of amides is 1. The summed E-state index contributed by atoms with van der Waals surface area (Å²) in [6, 6.07) is 5.57. The second-order valence-corrected chi connectivity index (χ2v) is 5.60. The Labute approximate surface area is 129 Å². The minimum Gasteiger partial charge on any atom is -0.485 e. The molecule has 1 fully saturated rings. The number of pyridine rings is 1. The van der Waals surface area contributed by atoms with Crippen molar-refractivity contribution in [3.8, 4) is 5.75 Å². The van der Waals surface area contributed by atoms with E-state index < -0.39 is 0 Å². The van der Waals surface area contributed by atoms with Crippen LogP contribution in [0.25, 0.3) is 0 Å². The van der Waals surface area contributed by atoms with Gasteiger partial charge in [-0.2, -0.15) is 0 Å². The predicted molar refractivity (Wildman–Crippen MR) is 84.3 cm³/mol. The number of carbonyl (C=O) groups is 1. The van der Waals surface area contributed by atoms with E-state index in [2.05, 4.69) is 9.97 Å². The Hall–Kier alpha value is -2.50. The number of nitrogens with one attached hydrogen (secondary N) is 1. The lowest BCUT2D eigenvalue weighted by atomic mass is 10.3. The highest BCUT2D eigenvalue weighted by Gasteiger charge is 2.29. The molecule has 1 aliphatic rings. The highest BCUT2D eigenvalue weighted by molar-refractivity contribution is 5.94. The summed E-state index contributed by atoms with van der Waals surface area (Å²) in [5, 5.41) is 0. The highest BCUT2D eigenvalue weighted by atomic mass is 16.5. The molecule has 1 N–H and O–H groups in total. The van der Waals surface area contributed by atoms with Crippen molar-refractivity contribution in [3.05, 3.63) is 42.4 Å². The number of hydrogen-bond donors (Lipinski definition) is 1. The molecule has 2 aromatic rings. The Kier molecular flexibility index (Phi) is 4.00. The van der Waals surface area contributed by atoms with Crippen molar-refractivity contribution in [3.63, 3.8) is 0 Å². The third kappa shape index (κ3) is 2.90. The molecule has 1 unspecified atom stereocenters. The monoisotopic (exact) mass is 300 g/mol. The minimum atomic E-state index is 0.00536. The van der Waals surface area contributed by atoms with E-state index in [1.165, 1.54) is 0 Å². The fourth-order valence-corrected chi connectivity index (χ4v) is 2.64. The molecule has 3 rings (SSSR count). The van der Waals surface area contributed by atoms with E-state index in [1.54, 1.807) is 24.7 Å². The van der Waals surface area contributed by atoms with Crippen LogP contribution < -0.4 is 9.64 Å². The number of aromatic nitrogens is 2. The van der Waals surface area contributed by atoms with Gasteiger partial charge in [-0.3, -0.25) is 4.79 Å². The molecule has 1 saturated heterocycles. The first-order chi connectivity index (χ1) is 10.6. The minimum absolute atomic E-state index is 0.00536. The van der Waals surface area contributed by atoms with Crippen molar-refractivity contribution < 1.29 is 9.53 Å². The van der Waals surface area contributed by atoms with Crippen LogP contribution in [0.4, 0.5) is 5.82 Å². The van der Waals surface area contributed by atoms with Crippen LogP contribution in [0.15, 0.2) is 36.8 Å². The third-order valence-corrected chi connectivity index (χ3v) is 3.75. The van der Waals surface area contributed by atoms with Gasteiger partial charge in [0.05, 0.1) is 12.1 Å². The van der Waals surface area contributed by atoms with Gasteiger partial charge in [-0.15, -0.1) is 0 Å². The molecular formula is C16H20N4O2. The fourth-order valence-electron chi connectivity index (χ4n) is 2.64. The molecule has 0 bridgehead atoms. The summed E-state index contributed by atoms with van der Waals surface area (Å²) in [7, 11) is 3.87. The molecule has 3 heterocycles. The number of H-pyrrole nitrogens is 1. The molecule has 0 spiro atoms. The first-order valence-electron chi connectivity index (χ1n) is 7.36. The van der Waals surface area contributed by atoms with E-state index >= 15 is 0 Å². The number of rotatable bonds is 4. The third-order valence-electron chi connectivity index (χ3n) is 3.75. The van der Waals surface area contributed by atoms with Gasteiger partial charge >= 0.3 is 0 Å². The van der Waals surface area contributed by atoms with Crippen LogP contribution in [0.1, 0.15) is 16.8 Å². The van der Waals surface area contributed by atoms with Gasteiger partial charge in [0.2, 0.25) is 0 Å². The normalized spacial score (nSPS) is 17.5. The van der Waals surface area contributed by atoms with Gasteiger partial charge in [0.15, 0.2) is 11.6 Å². The zero-order valence-electron chi connectivity index (χ0n) is 12.8. The Morgan fingerprint density at radius 3 is 3.05 bits per heavy atom. The second-order valence-electron chi connectivity index (χ2n) is 5.60. The van der Waals surface area contributed by atoms with Crippen molar-refractivity contribution in [2.24, 2.45) is 0 Å². The molecule has 0 aromatic carbocycles. The summed E-state index contributed by atoms with van der Waals surface area (Å²) >= 11 is 0. The lowest BCUT2D eigenvalue weighted by Gasteiger charge is -2.20. The van der Waals surface area contributed by atoms with E-state index in [4.69, 9.17) is 4.74 Å². The number of nitrogens with zero attached hydrogens (tertiary/aromatic N) is 3. The Bertz CT molecular complexity index is 639. The molecule has 1 atom stereocenters. The van der Waals surface area contributed by atoms with Gasteiger partial charge in [0.1, 0.15) is 6.10 Å². The molecule has 1 aliphatic heterocycles. The van der Waals surface area contributed by atoms with Crippen molar-refractivity contribution in [1.82, 2.24) is 14.9 Å². The quantitative estimate of drug-likeness (QED) is 0.935. The predicted octanol–water partition coefficient (Wildman–Crippen LogP) is 1.77. The van der Waals surface area contributed by atoms with Crippen molar-refractivity contribution in [1.29, 1.82) is 0 Å². The SMILES string of the molecule is CN(C)c1ncccc1OC1CCN(C(=O)c2cc[nH]c2)C1. The Morgan fingerprint density at radius 2 is 2.32 bits per heavy atom. The van der Waals surface area contributed by atoms with Gasteiger partial charge in [0.25, 0.3) is 5.91 Å². The zero-order valence-corrected chi connectivity index (χ0v) is 12.8. The van der Waals surface area contributed by atoms with Crippen LogP contribution in [-0.2, 0) is 0 Å². The summed E-state index contributed by atoms with van der Waals surface area (Å²) in [4.78, 5) is 23.3. The number of carbonyl (C=O) groups excluding carboxylic acids is 1. The van der Waals surface area contributed by atoms with Crippen LogP contribution in [-0.4, -0.2) is 54.1 Å². The summed E-state index contributed by atoms with van der Waals surface area (Å²) in [6.45, 7) is 1.32. The summed E-state index contributed by atoms with van der Waals surface area (Å²) in [6.07, 6.45) is 6.07. The summed E-state index contributed by atoms with van der Waals surface area (Å²) in [5.41, 5.74) is 0.691. The van der Waals surface area contributed by atoms with Crippen molar-refractivity contribution in [2.75, 3.05) is 32.1 Å². The van der Waals surface area contributed by atoms with Gasteiger partial charge < -0.3 is 19.5 Å². The van der Waals surface area contributed by atoms with Gasteiger partial charge in [-0.05, 0) is 18.2 Å². The smallest absolute Gasteiger partial charge is 0.255 e. The van der Waals surface area contributed by atoms with Gasteiger partial charge in [0, 0.05) is 45.7 Å². The van der Waals surface area contributed by atoms with E-state index in [0.717, 1.165) is 18.0 Å². The molecule has 0 aliphatic carbocycles. The number of aromatic amines is 1. The van der Waals surface area contributed by atoms with Gasteiger partial charge in [-0.25, -0.2) is 4.98 Å². The summed E-state index contributed by atoms with van der Waals surface area (Å²) in [5.74, 6) is 1.61. The number of ether oxygens (including phenoxy) is 1. The van der Waals surface area contributed by atoms with Crippen LogP contribution >= 0.6 is 0 Å². The zero-order chi connectivity index (χ0) is 15.5. The number of likely N-dealkylation sites (tertiary alicyclic amines) is 1. The van der Waals surface area contributed by atoms with Crippen LogP contribution in [0, 0.1) is 0 Å². The maximum atomic E-state index is 12.3. The fraction of sp³-hybridized carbons (Fsp3) is 0.375. The first kappa shape index (κ1) is 14.4.